The third-order valence-corrected chi connectivity index (χ3v) is 5.64. The minimum absolute atomic E-state index is 0.277. The monoisotopic (exact) mass is 418 g/mol. The highest BCUT2D eigenvalue weighted by molar-refractivity contribution is 5.95. The lowest BCUT2D eigenvalue weighted by molar-refractivity contribution is 0.627. The number of halogens is 2. The molecule has 5 rings (SSSR count). The largest absolute Gasteiger partial charge is 0.207 e. The smallest absolute Gasteiger partial charge is 0.123 e. The van der Waals surface area contributed by atoms with Gasteiger partial charge in [0.25, 0.3) is 0 Å². The average molecular weight is 418 g/mol. The highest BCUT2D eigenvalue weighted by atomic mass is 19.1. The molecule has 0 spiro atoms. The van der Waals surface area contributed by atoms with Crippen molar-refractivity contribution in [2.75, 3.05) is 0 Å². The van der Waals surface area contributed by atoms with Crippen molar-refractivity contribution < 1.29 is 8.78 Å². The van der Waals surface area contributed by atoms with E-state index in [9.17, 15) is 8.78 Å². The molecule has 0 aliphatic rings. The maximum absolute atomic E-state index is 13.7. The first-order chi connectivity index (χ1) is 15.7. The lowest BCUT2D eigenvalue weighted by Gasteiger charge is -2.18. The van der Waals surface area contributed by atoms with Crippen LogP contribution in [0, 0.1) is 11.6 Å². The second kappa shape index (κ2) is 8.60. The van der Waals surface area contributed by atoms with Crippen LogP contribution >= 0.6 is 0 Å². The van der Waals surface area contributed by atoms with Gasteiger partial charge in [0, 0.05) is 0 Å². The van der Waals surface area contributed by atoms with Crippen LogP contribution in [0.4, 0.5) is 8.78 Å². The van der Waals surface area contributed by atoms with Crippen LogP contribution in [0.2, 0.25) is 0 Å². The Morgan fingerprint density at radius 3 is 0.906 bits per heavy atom. The predicted molar refractivity (Wildman–Crippen MR) is 128 cm³/mol. The van der Waals surface area contributed by atoms with E-state index in [1.807, 2.05) is 36.4 Å². The predicted octanol–water partition coefficient (Wildman–Crippen LogP) is 8.63. The Kier molecular flexibility index (Phi) is 5.35. The van der Waals surface area contributed by atoms with E-state index < -0.39 is 0 Å². The van der Waals surface area contributed by atoms with Gasteiger partial charge in [0.15, 0.2) is 0 Å². The third kappa shape index (κ3) is 3.95. The topological polar surface area (TPSA) is 0 Å². The van der Waals surface area contributed by atoms with Crippen LogP contribution in [-0.2, 0) is 0 Å². The van der Waals surface area contributed by atoms with Crippen molar-refractivity contribution in [1.82, 2.24) is 0 Å². The minimum atomic E-state index is -0.277. The van der Waals surface area contributed by atoms with Crippen molar-refractivity contribution in [3.8, 4) is 44.5 Å². The van der Waals surface area contributed by atoms with E-state index in [0.717, 1.165) is 44.5 Å². The quantitative estimate of drug-likeness (QED) is 0.274. The van der Waals surface area contributed by atoms with E-state index in [4.69, 9.17) is 0 Å². The summed E-state index contributed by atoms with van der Waals surface area (Å²) in [5.74, 6) is -0.553. The van der Waals surface area contributed by atoms with E-state index >= 15 is 0 Å². The summed E-state index contributed by atoms with van der Waals surface area (Å²) in [7, 11) is 0. The van der Waals surface area contributed by atoms with Crippen molar-refractivity contribution in [3.63, 3.8) is 0 Å². The lowest BCUT2D eigenvalue weighted by atomic mass is 9.85. The van der Waals surface area contributed by atoms with Crippen molar-refractivity contribution in [2.24, 2.45) is 0 Å². The molecule has 0 aromatic heterocycles. The van der Waals surface area contributed by atoms with E-state index in [1.54, 1.807) is 24.3 Å². The second-order valence-electron chi connectivity index (χ2n) is 7.69. The second-order valence-corrected chi connectivity index (χ2v) is 7.69. The van der Waals surface area contributed by atoms with Gasteiger partial charge in [0.2, 0.25) is 0 Å². The SMILES string of the molecule is Fc1ccc(-c2cc(-c3ccccc3)c(-c3ccccc3)cc2-c2ccc(F)cc2)cc1. The molecule has 0 saturated carbocycles. The molecule has 5 aromatic rings. The number of rotatable bonds is 4. The molecule has 0 aliphatic heterocycles. The molecule has 5 aromatic carbocycles. The van der Waals surface area contributed by atoms with E-state index in [2.05, 4.69) is 36.4 Å². The number of hydrogen-bond donors (Lipinski definition) is 0. The summed E-state index contributed by atoms with van der Waals surface area (Å²) in [6, 6.07) is 37.8. The van der Waals surface area contributed by atoms with Gasteiger partial charge in [0.1, 0.15) is 11.6 Å². The molecule has 154 valence electrons. The van der Waals surface area contributed by atoms with Gasteiger partial charge < -0.3 is 0 Å². The van der Waals surface area contributed by atoms with Crippen LogP contribution in [0.3, 0.4) is 0 Å². The van der Waals surface area contributed by atoms with E-state index in [0.29, 0.717) is 0 Å². The normalized spacial score (nSPS) is 10.8. The Bertz CT molecular complexity index is 1230. The van der Waals surface area contributed by atoms with Crippen LogP contribution in [0.25, 0.3) is 44.5 Å². The maximum atomic E-state index is 13.7. The summed E-state index contributed by atoms with van der Waals surface area (Å²) in [6.07, 6.45) is 0. The fourth-order valence-corrected chi connectivity index (χ4v) is 4.05. The summed E-state index contributed by atoms with van der Waals surface area (Å²) in [6.45, 7) is 0. The highest BCUT2D eigenvalue weighted by Gasteiger charge is 2.16. The molecule has 0 aliphatic carbocycles. The van der Waals surface area contributed by atoms with Crippen molar-refractivity contribution >= 4 is 0 Å². The summed E-state index contributed by atoms with van der Waals surface area (Å²) < 4.78 is 27.3. The van der Waals surface area contributed by atoms with Gasteiger partial charge in [-0.25, -0.2) is 8.78 Å². The molecule has 0 radical (unpaired) electrons. The first-order valence-electron chi connectivity index (χ1n) is 10.5. The van der Waals surface area contributed by atoms with Crippen molar-refractivity contribution in [3.05, 3.63) is 133 Å². The van der Waals surface area contributed by atoms with Crippen molar-refractivity contribution in [1.29, 1.82) is 0 Å². The van der Waals surface area contributed by atoms with Gasteiger partial charge in [-0.1, -0.05) is 84.9 Å². The van der Waals surface area contributed by atoms with E-state index in [-0.39, 0.29) is 11.6 Å². The van der Waals surface area contributed by atoms with Crippen LogP contribution in [0.15, 0.2) is 121 Å². The van der Waals surface area contributed by atoms with Gasteiger partial charge in [-0.15, -0.1) is 0 Å². The Labute approximate surface area is 186 Å². The zero-order chi connectivity index (χ0) is 21.9. The van der Waals surface area contributed by atoms with Crippen LogP contribution in [-0.4, -0.2) is 0 Å². The van der Waals surface area contributed by atoms with Gasteiger partial charge in [-0.2, -0.15) is 0 Å². The molecule has 32 heavy (non-hydrogen) atoms. The minimum Gasteiger partial charge on any atom is -0.207 e. The molecule has 0 bridgehead atoms. The van der Waals surface area contributed by atoms with Gasteiger partial charge in [0.05, 0.1) is 0 Å². The fourth-order valence-electron chi connectivity index (χ4n) is 4.05. The number of benzene rings is 5. The van der Waals surface area contributed by atoms with Crippen molar-refractivity contribution in [2.45, 2.75) is 0 Å². The average Bonchev–Trinajstić information content (AvgIpc) is 2.85. The highest BCUT2D eigenvalue weighted by Crippen LogP contribution is 2.42. The molecular formula is C30H20F2. The summed E-state index contributed by atoms with van der Waals surface area (Å²) >= 11 is 0. The van der Waals surface area contributed by atoms with Crippen LogP contribution in [0.1, 0.15) is 0 Å². The fraction of sp³-hybridized carbons (Fsp3) is 0. The van der Waals surface area contributed by atoms with Crippen LogP contribution < -0.4 is 0 Å². The Morgan fingerprint density at radius 1 is 0.312 bits per heavy atom. The molecule has 0 saturated heterocycles. The molecule has 2 heteroatoms. The molecule has 0 heterocycles. The third-order valence-electron chi connectivity index (χ3n) is 5.64. The molecule has 0 unspecified atom stereocenters. The Morgan fingerprint density at radius 2 is 0.594 bits per heavy atom. The molecule has 0 atom stereocenters. The van der Waals surface area contributed by atoms with Gasteiger partial charge >= 0.3 is 0 Å². The lowest BCUT2D eigenvalue weighted by Crippen LogP contribution is -1.92. The standard InChI is InChI=1S/C30H20F2/c31-25-15-11-23(12-16-25)29-19-27(21-7-3-1-4-8-21)28(22-9-5-2-6-10-22)20-30(29)24-13-17-26(32)18-14-24/h1-20H. The molecule has 0 fully saturated rings. The Balaban J connectivity index is 1.83. The number of hydrogen-bond acceptors (Lipinski definition) is 0. The molecule has 0 amide bonds. The summed E-state index contributed by atoms with van der Waals surface area (Å²) in [5.41, 5.74) is 8.11. The molecule has 0 nitrogen and oxygen atoms in total. The maximum Gasteiger partial charge on any atom is 0.123 e. The van der Waals surface area contributed by atoms with Gasteiger partial charge in [-0.05, 0) is 80.9 Å². The summed E-state index contributed by atoms with van der Waals surface area (Å²) in [4.78, 5) is 0. The Hall–Kier alpha value is -4.04. The zero-order valence-electron chi connectivity index (χ0n) is 17.3. The zero-order valence-corrected chi connectivity index (χ0v) is 17.3. The van der Waals surface area contributed by atoms with E-state index in [1.165, 1.54) is 24.3 Å². The summed E-state index contributed by atoms with van der Waals surface area (Å²) in [5, 5.41) is 0. The first kappa shape index (κ1) is 19.9. The molecular weight excluding hydrogens is 398 g/mol. The van der Waals surface area contributed by atoms with Gasteiger partial charge in [-0.3, -0.25) is 0 Å². The molecule has 0 N–H and O–H groups in total. The van der Waals surface area contributed by atoms with Crippen LogP contribution in [0.5, 0.6) is 0 Å². The first-order valence-corrected chi connectivity index (χ1v) is 10.5.